The predicted octanol–water partition coefficient (Wildman–Crippen LogP) is 12.6. The Hall–Kier alpha value is -5.40. The van der Waals surface area contributed by atoms with Crippen LogP contribution >= 0.6 is 0 Å². The van der Waals surface area contributed by atoms with Crippen LogP contribution in [-0.4, -0.2) is 0 Å². The molecule has 2 aliphatic carbocycles. The zero-order valence-corrected chi connectivity index (χ0v) is 26.4. The first-order valence-corrected chi connectivity index (χ1v) is 16.3. The molecule has 1 heteroatoms. The van der Waals surface area contributed by atoms with Gasteiger partial charge in [-0.1, -0.05) is 141 Å². The van der Waals surface area contributed by atoms with Gasteiger partial charge in [0.1, 0.15) is 0 Å². The lowest BCUT2D eigenvalue weighted by Crippen LogP contribution is -2.16. The Kier molecular flexibility index (Phi) is 7.03. The van der Waals surface area contributed by atoms with Crippen LogP contribution < -0.4 is 4.90 Å². The molecule has 0 heterocycles. The largest absolute Gasteiger partial charge is 0.311 e. The van der Waals surface area contributed by atoms with E-state index in [4.69, 9.17) is 0 Å². The Morgan fingerprint density at radius 1 is 0.478 bits per heavy atom. The maximum absolute atomic E-state index is 2.38. The SMILES string of the molecule is CC1(C)C2=C(CCC=C2)c2c(-c3ccc(N(c4ccc(-c5ccccc5)cc4)c4ccc(-c5ccccc5)cc4)cc3)cccc21. The van der Waals surface area contributed by atoms with Crippen molar-refractivity contribution >= 4 is 22.6 Å². The van der Waals surface area contributed by atoms with Crippen molar-refractivity contribution in [2.75, 3.05) is 4.90 Å². The molecule has 0 N–H and O–H groups in total. The van der Waals surface area contributed by atoms with Crippen LogP contribution in [0, 0.1) is 0 Å². The van der Waals surface area contributed by atoms with E-state index < -0.39 is 0 Å². The van der Waals surface area contributed by atoms with E-state index in [2.05, 4.69) is 183 Å². The van der Waals surface area contributed by atoms with E-state index >= 15 is 0 Å². The van der Waals surface area contributed by atoms with Crippen molar-refractivity contribution in [1.29, 1.82) is 0 Å². The van der Waals surface area contributed by atoms with Gasteiger partial charge >= 0.3 is 0 Å². The molecule has 222 valence electrons. The quantitative estimate of drug-likeness (QED) is 0.186. The van der Waals surface area contributed by atoms with Gasteiger partial charge in [-0.15, -0.1) is 0 Å². The Balaban J connectivity index is 1.19. The molecule has 0 aliphatic heterocycles. The van der Waals surface area contributed by atoms with Crippen molar-refractivity contribution in [2.45, 2.75) is 32.1 Å². The fraction of sp³-hybridized carbons (Fsp3) is 0.111. The summed E-state index contributed by atoms with van der Waals surface area (Å²) in [7, 11) is 0. The highest BCUT2D eigenvalue weighted by Crippen LogP contribution is 2.52. The molecule has 0 aromatic heterocycles. The number of hydrogen-bond acceptors (Lipinski definition) is 1. The lowest BCUT2D eigenvalue weighted by Gasteiger charge is -2.26. The molecule has 0 saturated carbocycles. The molecule has 1 nitrogen and oxygen atoms in total. The van der Waals surface area contributed by atoms with Gasteiger partial charge in [0, 0.05) is 22.5 Å². The normalized spacial score (nSPS) is 14.6. The third-order valence-corrected chi connectivity index (χ3v) is 9.79. The highest BCUT2D eigenvalue weighted by Gasteiger charge is 2.38. The molecule has 0 saturated heterocycles. The molecule has 0 amide bonds. The molecule has 0 bridgehead atoms. The summed E-state index contributed by atoms with van der Waals surface area (Å²) in [5.41, 5.74) is 16.8. The Bertz CT molecular complexity index is 1980. The zero-order chi connectivity index (χ0) is 31.1. The lowest BCUT2D eigenvalue weighted by atomic mass is 9.80. The molecule has 46 heavy (non-hydrogen) atoms. The third kappa shape index (κ3) is 4.89. The molecule has 2 aliphatic rings. The Labute approximate surface area is 272 Å². The van der Waals surface area contributed by atoms with E-state index in [1.54, 1.807) is 0 Å². The van der Waals surface area contributed by atoms with Crippen molar-refractivity contribution in [3.8, 4) is 33.4 Å². The van der Waals surface area contributed by atoms with Gasteiger partial charge in [0.2, 0.25) is 0 Å². The van der Waals surface area contributed by atoms with Gasteiger partial charge in [-0.3, -0.25) is 0 Å². The first-order chi connectivity index (χ1) is 22.6. The van der Waals surface area contributed by atoms with Gasteiger partial charge in [0.25, 0.3) is 0 Å². The molecule has 0 atom stereocenters. The summed E-state index contributed by atoms with van der Waals surface area (Å²) in [6.07, 6.45) is 6.94. The van der Waals surface area contributed by atoms with Crippen LogP contribution in [0.4, 0.5) is 17.1 Å². The fourth-order valence-electron chi connectivity index (χ4n) is 7.40. The standard InChI is InChI=1S/C45H37N/c1-45(2)42-18-10-9-16-41(42)44-40(17-11-19-43(44)45)36-24-30-39(31-25-36)46(37-26-20-34(21-27-37)32-12-5-3-6-13-32)38-28-22-35(23-29-38)33-14-7-4-8-15-33/h3-8,10-15,17-31H,9,16H2,1-2H3. The fourth-order valence-corrected chi connectivity index (χ4v) is 7.40. The van der Waals surface area contributed by atoms with E-state index in [1.807, 2.05) is 0 Å². The van der Waals surface area contributed by atoms with Gasteiger partial charge < -0.3 is 4.90 Å². The van der Waals surface area contributed by atoms with Crippen LogP contribution in [0.25, 0.3) is 39.0 Å². The summed E-state index contributed by atoms with van der Waals surface area (Å²) in [6.45, 7) is 4.75. The van der Waals surface area contributed by atoms with Crippen molar-refractivity contribution in [3.63, 3.8) is 0 Å². The molecular weight excluding hydrogens is 555 g/mol. The number of fused-ring (bicyclic) bond motifs is 2. The van der Waals surface area contributed by atoms with E-state index in [0.29, 0.717) is 0 Å². The maximum atomic E-state index is 2.38. The summed E-state index contributed by atoms with van der Waals surface area (Å²) in [6, 6.07) is 55.0. The monoisotopic (exact) mass is 591 g/mol. The molecule has 6 aromatic carbocycles. The van der Waals surface area contributed by atoms with E-state index in [-0.39, 0.29) is 5.41 Å². The van der Waals surface area contributed by atoms with Crippen LogP contribution in [0.5, 0.6) is 0 Å². The third-order valence-electron chi connectivity index (χ3n) is 9.79. The number of rotatable bonds is 6. The first kappa shape index (κ1) is 28.1. The van der Waals surface area contributed by atoms with Crippen molar-refractivity contribution in [3.05, 3.63) is 181 Å². The Morgan fingerprint density at radius 3 is 1.48 bits per heavy atom. The number of hydrogen-bond donors (Lipinski definition) is 0. The van der Waals surface area contributed by atoms with Crippen LogP contribution in [0.3, 0.4) is 0 Å². The van der Waals surface area contributed by atoms with E-state index in [9.17, 15) is 0 Å². The number of benzene rings is 6. The van der Waals surface area contributed by atoms with Crippen LogP contribution in [0.15, 0.2) is 169 Å². The minimum absolute atomic E-state index is 0.0339. The number of allylic oxidation sites excluding steroid dienone is 4. The Morgan fingerprint density at radius 2 is 0.957 bits per heavy atom. The zero-order valence-electron chi connectivity index (χ0n) is 26.4. The molecule has 0 fully saturated rings. The second kappa shape index (κ2) is 11.5. The van der Waals surface area contributed by atoms with Crippen LogP contribution in [0.2, 0.25) is 0 Å². The highest BCUT2D eigenvalue weighted by molar-refractivity contribution is 5.92. The van der Waals surface area contributed by atoms with Gasteiger partial charge in [0.15, 0.2) is 0 Å². The second-order valence-electron chi connectivity index (χ2n) is 12.9. The summed E-state index contributed by atoms with van der Waals surface area (Å²) < 4.78 is 0. The van der Waals surface area contributed by atoms with Crippen molar-refractivity contribution in [2.24, 2.45) is 0 Å². The average molecular weight is 592 g/mol. The summed E-state index contributed by atoms with van der Waals surface area (Å²) in [4.78, 5) is 2.36. The average Bonchev–Trinajstić information content (AvgIpc) is 3.36. The highest BCUT2D eigenvalue weighted by atomic mass is 15.1. The first-order valence-electron chi connectivity index (χ1n) is 16.3. The minimum atomic E-state index is 0.0339. The summed E-state index contributed by atoms with van der Waals surface area (Å²) in [5, 5.41) is 0. The molecule has 0 radical (unpaired) electrons. The lowest BCUT2D eigenvalue weighted by molar-refractivity contribution is 0.651. The predicted molar refractivity (Wildman–Crippen MR) is 196 cm³/mol. The van der Waals surface area contributed by atoms with Crippen molar-refractivity contribution in [1.82, 2.24) is 0 Å². The molecule has 0 unspecified atom stereocenters. The van der Waals surface area contributed by atoms with Gasteiger partial charge in [0.05, 0.1) is 0 Å². The summed E-state index contributed by atoms with van der Waals surface area (Å²) in [5.74, 6) is 0. The van der Waals surface area contributed by atoms with Crippen LogP contribution in [0.1, 0.15) is 37.8 Å². The van der Waals surface area contributed by atoms with Gasteiger partial charge in [-0.25, -0.2) is 0 Å². The van der Waals surface area contributed by atoms with Crippen LogP contribution in [-0.2, 0) is 5.41 Å². The number of anilines is 3. The van der Waals surface area contributed by atoms with Gasteiger partial charge in [-0.2, -0.15) is 0 Å². The topological polar surface area (TPSA) is 3.24 Å². The van der Waals surface area contributed by atoms with E-state index in [1.165, 1.54) is 55.7 Å². The molecule has 6 aromatic rings. The molecule has 8 rings (SSSR count). The minimum Gasteiger partial charge on any atom is -0.311 e. The van der Waals surface area contributed by atoms with Crippen molar-refractivity contribution < 1.29 is 0 Å². The summed E-state index contributed by atoms with van der Waals surface area (Å²) >= 11 is 0. The number of nitrogens with zero attached hydrogens (tertiary/aromatic N) is 1. The smallest absolute Gasteiger partial charge is 0.0462 e. The van der Waals surface area contributed by atoms with E-state index in [0.717, 1.165) is 29.9 Å². The molecular formula is C45H37N. The van der Waals surface area contributed by atoms with Gasteiger partial charge in [-0.05, 0) is 105 Å². The maximum Gasteiger partial charge on any atom is 0.0462 e. The second-order valence-corrected chi connectivity index (χ2v) is 12.9. The molecule has 0 spiro atoms.